The van der Waals surface area contributed by atoms with Crippen LogP contribution in [0.25, 0.3) is 0 Å². The van der Waals surface area contributed by atoms with Crippen LogP contribution in [0.4, 0.5) is 5.69 Å². The van der Waals surface area contributed by atoms with Crippen molar-refractivity contribution in [1.82, 2.24) is 0 Å². The van der Waals surface area contributed by atoms with Crippen LogP contribution in [0, 0.1) is 6.92 Å². The average Bonchev–Trinajstić information content (AvgIpc) is 2.68. The molecule has 0 aliphatic heterocycles. The predicted octanol–water partition coefficient (Wildman–Crippen LogP) is 4.98. The van der Waals surface area contributed by atoms with Crippen LogP contribution in [0.15, 0.2) is 78.9 Å². The van der Waals surface area contributed by atoms with E-state index in [-0.39, 0.29) is 5.91 Å². The van der Waals surface area contributed by atoms with E-state index in [1.54, 1.807) is 6.92 Å². The van der Waals surface area contributed by atoms with Gasteiger partial charge >= 0.3 is 0 Å². The molecule has 138 valence electrons. The Labute approximate surface area is 159 Å². The third-order valence-corrected chi connectivity index (χ3v) is 4.04. The van der Waals surface area contributed by atoms with Gasteiger partial charge in [0, 0.05) is 5.69 Å². The van der Waals surface area contributed by atoms with Crippen molar-refractivity contribution < 1.29 is 14.3 Å². The molecule has 0 radical (unpaired) electrons. The summed E-state index contributed by atoms with van der Waals surface area (Å²) in [5.41, 5.74) is 2.90. The number of rotatable bonds is 7. The molecule has 0 bridgehead atoms. The van der Waals surface area contributed by atoms with E-state index >= 15 is 0 Å². The molecule has 1 N–H and O–H groups in total. The average molecular weight is 361 g/mol. The lowest BCUT2D eigenvalue weighted by atomic mass is 10.2. The summed E-state index contributed by atoms with van der Waals surface area (Å²) in [6.07, 6.45) is -0.596. The molecule has 0 saturated heterocycles. The minimum atomic E-state index is -0.596. The maximum absolute atomic E-state index is 12.3. The minimum Gasteiger partial charge on any atom is -0.489 e. The lowest BCUT2D eigenvalue weighted by Crippen LogP contribution is -2.30. The van der Waals surface area contributed by atoms with E-state index in [0.717, 1.165) is 16.9 Å². The predicted molar refractivity (Wildman–Crippen MR) is 107 cm³/mol. The molecule has 0 aromatic heterocycles. The Balaban J connectivity index is 1.51. The maximum atomic E-state index is 12.3. The molecule has 3 aromatic carbocycles. The van der Waals surface area contributed by atoms with E-state index in [4.69, 9.17) is 9.47 Å². The molecular formula is C23H23NO3. The van der Waals surface area contributed by atoms with Crippen molar-refractivity contribution in [1.29, 1.82) is 0 Å². The summed E-state index contributed by atoms with van der Waals surface area (Å²) >= 11 is 0. The summed E-state index contributed by atoms with van der Waals surface area (Å²) < 4.78 is 11.5. The highest BCUT2D eigenvalue weighted by Crippen LogP contribution is 2.18. The zero-order valence-corrected chi connectivity index (χ0v) is 15.5. The SMILES string of the molecule is Cc1cccc(OC(C)C(=O)Nc2ccc(OCc3ccccc3)cc2)c1. The zero-order valence-electron chi connectivity index (χ0n) is 15.5. The van der Waals surface area contributed by atoms with Crippen LogP contribution < -0.4 is 14.8 Å². The van der Waals surface area contributed by atoms with E-state index in [1.165, 1.54) is 0 Å². The Hall–Kier alpha value is -3.27. The topological polar surface area (TPSA) is 47.6 Å². The Morgan fingerprint density at radius 3 is 2.37 bits per heavy atom. The van der Waals surface area contributed by atoms with Gasteiger partial charge in [-0.05, 0) is 61.4 Å². The van der Waals surface area contributed by atoms with Crippen molar-refractivity contribution in [3.63, 3.8) is 0 Å². The third kappa shape index (κ3) is 5.61. The van der Waals surface area contributed by atoms with Gasteiger partial charge in [-0.3, -0.25) is 4.79 Å². The zero-order chi connectivity index (χ0) is 19.1. The van der Waals surface area contributed by atoms with Gasteiger partial charge in [-0.2, -0.15) is 0 Å². The van der Waals surface area contributed by atoms with Crippen molar-refractivity contribution in [2.75, 3.05) is 5.32 Å². The molecule has 1 unspecified atom stereocenters. The summed E-state index contributed by atoms with van der Waals surface area (Å²) in [5, 5.41) is 2.86. The van der Waals surface area contributed by atoms with E-state index < -0.39 is 6.10 Å². The minimum absolute atomic E-state index is 0.200. The second-order valence-corrected chi connectivity index (χ2v) is 6.36. The number of carbonyl (C=O) groups excluding carboxylic acids is 1. The quantitative estimate of drug-likeness (QED) is 0.646. The highest BCUT2D eigenvalue weighted by atomic mass is 16.5. The monoisotopic (exact) mass is 361 g/mol. The number of carbonyl (C=O) groups is 1. The maximum Gasteiger partial charge on any atom is 0.265 e. The number of benzene rings is 3. The molecule has 0 saturated carbocycles. The summed E-state index contributed by atoms with van der Waals surface area (Å²) in [6.45, 7) is 4.22. The Morgan fingerprint density at radius 1 is 0.926 bits per heavy atom. The van der Waals surface area contributed by atoms with Gasteiger partial charge < -0.3 is 14.8 Å². The molecule has 3 aromatic rings. The third-order valence-electron chi connectivity index (χ3n) is 4.04. The van der Waals surface area contributed by atoms with Crippen LogP contribution in [-0.4, -0.2) is 12.0 Å². The lowest BCUT2D eigenvalue weighted by Gasteiger charge is -2.15. The van der Waals surface area contributed by atoms with Crippen LogP contribution in [0.2, 0.25) is 0 Å². The summed E-state index contributed by atoms with van der Waals surface area (Å²) in [4.78, 5) is 12.3. The van der Waals surface area contributed by atoms with Gasteiger partial charge in [-0.25, -0.2) is 0 Å². The van der Waals surface area contributed by atoms with Crippen molar-refractivity contribution in [3.05, 3.63) is 90.0 Å². The molecule has 4 nitrogen and oxygen atoms in total. The lowest BCUT2D eigenvalue weighted by molar-refractivity contribution is -0.122. The van der Waals surface area contributed by atoms with Gasteiger partial charge in [-0.1, -0.05) is 42.5 Å². The molecule has 0 heterocycles. The molecule has 1 amide bonds. The van der Waals surface area contributed by atoms with E-state index in [9.17, 15) is 4.79 Å². The number of hydrogen-bond donors (Lipinski definition) is 1. The van der Waals surface area contributed by atoms with Gasteiger partial charge in [0.15, 0.2) is 6.10 Å². The first kappa shape index (κ1) is 18.5. The second kappa shape index (κ2) is 8.90. The van der Waals surface area contributed by atoms with Crippen molar-refractivity contribution in [3.8, 4) is 11.5 Å². The highest BCUT2D eigenvalue weighted by molar-refractivity contribution is 5.94. The van der Waals surface area contributed by atoms with Gasteiger partial charge in [0.2, 0.25) is 0 Å². The summed E-state index contributed by atoms with van der Waals surface area (Å²) in [6, 6.07) is 24.9. The Bertz CT molecular complexity index is 876. The fraction of sp³-hybridized carbons (Fsp3) is 0.174. The number of hydrogen-bond acceptors (Lipinski definition) is 3. The van der Waals surface area contributed by atoms with Gasteiger partial charge in [-0.15, -0.1) is 0 Å². The molecule has 0 aliphatic rings. The van der Waals surface area contributed by atoms with Crippen LogP contribution in [0.3, 0.4) is 0 Å². The molecule has 0 spiro atoms. The normalized spacial score (nSPS) is 11.5. The molecule has 0 fully saturated rings. The van der Waals surface area contributed by atoms with Crippen LogP contribution in [-0.2, 0) is 11.4 Å². The fourth-order valence-electron chi connectivity index (χ4n) is 2.57. The second-order valence-electron chi connectivity index (χ2n) is 6.36. The van der Waals surface area contributed by atoms with E-state index in [0.29, 0.717) is 18.0 Å². The number of anilines is 1. The van der Waals surface area contributed by atoms with Gasteiger partial charge in [0.1, 0.15) is 18.1 Å². The summed E-state index contributed by atoms with van der Waals surface area (Å²) in [5.74, 6) is 1.23. The number of nitrogens with one attached hydrogen (secondary N) is 1. The fourth-order valence-corrected chi connectivity index (χ4v) is 2.57. The molecule has 27 heavy (non-hydrogen) atoms. The van der Waals surface area contributed by atoms with Crippen molar-refractivity contribution in [2.24, 2.45) is 0 Å². The van der Waals surface area contributed by atoms with Crippen molar-refractivity contribution >= 4 is 11.6 Å². The first-order valence-electron chi connectivity index (χ1n) is 8.91. The standard InChI is InChI=1S/C23H23NO3/c1-17-7-6-10-22(15-17)27-18(2)23(25)24-20-11-13-21(14-12-20)26-16-19-8-4-3-5-9-19/h3-15,18H,16H2,1-2H3,(H,24,25). The number of amides is 1. The Kier molecular flexibility index (Phi) is 6.10. The first-order chi connectivity index (χ1) is 13.1. The van der Waals surface area contributed by atoms with Crippen molar-refractivity contribution in [2.45, 2.75) is 26.6 Å². The smallest absolute Gasteiger partial charge is 0.265 e. The van der Waals surface area contributed by atoms with Crippen LogP contribution >= 0.6 is 0 Å². The highest BCUT2D eigenvalue weighted by Gasteiger charge is 2.15. The van der Waals surface area contributed by atoms with Gasteiger partial charge in [0.25, 0.3) is 5.91 Å². The molecular weight excluding hydrogens is 338 g/mol. The molecule has 3 rings (SSSR count). The largest absolute Gasteiger partial charge is 0.489 e. The van der Waals surface area contributed by atoms with Gasteiger partial charge in [0.05, 0.1) is 0 Å². The van der Waals surface area contributed by atoms with Crippen LogP contribution in [0.1, 0.15) is 18.1 Å². The summed E-state index contributed by atoms with van der Waals surface area (Å²) in [7, 11) is 0. The number of aryl methyl sites for hydroxylation is 1. The van der Waals surface area contributed by atoms with E-state index in [1.807, 2.05) is 85.8 Å². The van der Waals surface area contributed by atoms with Crippen LogP contribution in [0.5, 0.6) is 11.5 Å². The molecule has 4 heteroatoms. The van der Waals surface area contributed by atoms with E-state index in [2.05, 4.69) is 5.32 Å². The Morgan fingerprint density at radius 2 is 1.67 bits per heavy atom. The first-order valence-corrected chi connectivity index (χ1v) is 8.91. The number of ether oxygens (including phenoxy) is 2. The molecule has 1 atom stereocenters. The molecule has 0 aliphatic carbocycles.